The molecule has 6 rings (SSSR count). The highest BCUT2D eigenvalue weighted by Gasteiger charge is 2.34. The van der Waals surface area contributed by atoms with Gasteiger partial charge in [0, 0.05) is 57.3 Å². The summed E-state index contributed by atoms with van der Waals surface area (Å²) in [6, 6.07) is 12.6. The van der Waals surface area contributed by atoms with Crippen LogP contribution in [0.2, 0.25) is 5.02 Å². The van der Waals surface area contributed by atoms with Crippen molar-refractivity contribution >= 4 is 29.2 Å². The molecule has 2 aromatic carbocycles. The SMILES string of the molecule is Cc1cc(C[C@@H](NC(=O)N2CCC(n3nc(-c4ccccc4)[nH]c3=O)CC2)C(=O)N2CCN(C3CCN(C)CC3)CC2)cc(Cl)c1N. The molecule has 1 atom stereocenters. The molecular formula is C34H46ClN9O3. The Hall–Kier alpha value is -3.87. The van der Waals surface area contributed by atoms with E-state index in [-0.39, 0.29) is 23.7 Å². The number of anilines is 1. The van der Waals surface area contributed by atoms with Crippen molar-refractivity contribution in [3.05, 3.63) is 69.1 Å². The Bertz CT molecular complexity index is 1580. The molecule has 0 spiro atoms. The van der Waals surface area contributed by atoms with E-state index >= 15 is 0 Å². The van der Waals surface area contributed by atoms with Gasteiger partial charge in [-0.25, -0.2) is 14.3 Å². The van der Waals surface area contributed by atoms with E-state index in [1.54, 1.807) is 11.0 Å². The van der Waals surface area contributed by atoms with Crippen molar-refractivity contribution in [1.82, 2.24) is 39.7 Å². The van der Waals surface area contributed by atoms with Crippen LogP contribution in [0.3, 0.4) is 0 Å². The third-order valence-corrected chi connectivity index (χ3v) is 10.4. The number of nitrogens with one attached hydrogen (secondary N) is 2. The summed E-state index contributed by atoms with van der Waals surface area (Å²) in [6.45, 7) is 7.91. The van der Waals surface area contributed by atoms with Gasteiger partial charge in [-0.05, 0) is 69.9 Å². The lowest BCUT2D eigenvalue weighted by Gasteiger charge is -2.43. The summed E-state index contributed by atoms with van der Waals surface area (Å²) in [7, 11) is 2.17. The topological polar surface area (TPSA) is 136 Å². The number of likely N-dealkylation sites (tertiary alicyclic amines) is 2. The molecule has 3 aliphatic rings. The van der Waals surface area contributed by atoms with E-state index in [4.69, 9.17) is 17.3 Å². The number of aryl methyl sites for hydroxylation is 1. The molecule has 0 unspecified atom stereocenters. The fraction of sp³-hybridized carbons (Fsp3) is 0.529. The number of nitrogens with zero attached hydrogens (tertiary/aromatic N) is 6. The van der Waals surface area contributed by atoms with Gasteiger partial charge in [0.15, 0.2) is 5.82 Å². The second kappa shape index (κ2) is 14.5. The first-order valence-electron chi connectivity index (χ1n) is 16.7. The maximum absolute atomic E-state index is 14.0. The van der Waals surface area contributed by atoms with Crippen molar-refractivity contribution in [2.75, 3.05) is 65.1 Å². The number of nitrogens with two attached hydrogens (primary N) is 1. The Morgan fingerprint density at radius 3 is 2.28 bits per heavy atom. The number of benzene rings is 2. The predicted molar refractivity (Wildman–Crippen MR) is 183 cm³/mol. The number of rotatable bonds is 7. The van der Waals surface area contributed by atoms with Crippen LogP contribution >= 0.6 is 11.6 Å². The second-order valence-corrected chi connectivity index (χ2v) is 13.6. The summed E-state index contributed by atoms with van der Waals surface area (Å²) in [6.07, 6.45) is 3.77. The average Bonchev–Trinajstić information content (AvgIpc) is 3.48. The highest BCUT2D eigenvalue weighted by molar-refractivity contribution is 6.33. The Morgan fingerprint density at radius 1 is 0.957 bits per heavy atom. The van der Waals surface area contributed by atoms with Crippen LogP contribution in [0.4, 0.5) is 10.5 Å². The molecule has 1 aromatic heterocycles. The minimum absolute atomic E-state index is 0.0848. The minimum Gasteiger partial charge on any atom is -0.397 e. The number of carbonyl (C=O) groups excluding carboxylic acids is 2. The molecule has 0 bridgehead atoms. The second-order valence-electron chi connectivity index (χ2n) is 13.2. The van der Waals surface area contributed by atoms with Crippen LogP contribution in [0.1, 0.15) is 42.9 Å². The van der Waals surface area contributed by atoms with Gasteiger partial charge in [-0.15, -0.1) is 5.10 Å². The molecule has 0 aliphatic carbocycles. The van der Waals surface area contributed by atoms with Gasteiger partial charge in [0.2, 0.25) is 5.91 Å². The van der Waals surface area contributed by atoms with Gasteiger partial charge in [0.1, 0.15) is 6.04 Å². The summed E-state index contributed by atoms with van der Waals surface area (Å²) in [5.74, 6) is 0.445. The van der Waals surface area contributed by atoms with Crippen molar-refractivity contribution in [3.63, 3.8) is 0 Å². The summed E-state index contributed by atoms with van der Waals surface area (Å²) in [5, 5.41) is 8.07. The average molecular weight is 664 g/mol. The first-order valence-corrected chi connectivity index (χ1v) is 17.1. The van der Waals surface area contributed by atoms with Crippen molar-refractivity contribution < 1.29 is 9.59 Å². The number of halogens is 1. The number of urea groups is 1. The van der Waals surface area contributed by atoms with E-state index in [2.05, 4.69) is 32.2 Å². The Labute approximate surface area is 280 Å². The number of H-pyrrole nitrogens is 1. The molecule has 252 valence electrons. The van der Waals surface area contributed by atoms with E-state index in [1.807, 2.05) is 48.2 Å². The van der Waals surface area contributed by atoms with Gasteiger partial charge in [-0.3, -0.25) is 14.7 Å². The monoisotopic (exact) mass is 663 g/mol. The minimum atomic E-state index is -0.753. The van der Waals surface area contributed by atoms with Crippen LogP contribution in [-0.2, 0) is 11.2 Å². The van der Waals surface area contributed by atoms with Crippen LogP contribution in [0, 0.1) is 6.92 Å². The maximum Gasteiger partial charge on any atom is 0.343 e. The van der Waals surface area contributed by atoms with E-state index in [0.717, 1.165) is 55.7 Å². The molecule has 3 aromatic rings. The van der Waals surface area contributed by atoms with Gasteiger partial charge in [0.05, 0.1) is 16.8 Å². The van der Waals surface area contributed by atoms with Crippen molar-refractivity contribution in [2.24, 2.45) is 0 Å². The van der Waals surface area contributed by atoms with E-state index in [1.165, 1.54) is 4.68 Å². The number of hydrogen-bond acceptors (Lipinski definition) is 7. The Balaban J connectivity index is 1.10. The molecule has 3 amide bonds. The van der Waals surface area contributed by atoms with Crippen molar-refractivity contribution in [1.29, 1.82) is 0 Å². The summed E-state index contributed by atoms with van der Waals surface area (Å²) in [5.41, 5.74) is 8.87. The van der Waals surface area contributed by atoms with E-state index in [9.17, 15) is 14.4 Å². The molecule has 47 heavy (non-hydrogen) atoms. The van der Waals surface area contributed by atoms with Gasteiger partial charge in [0.25, 0.3) is 0 Å². The third-order valence-electron chi connectivity index (χ3n) is 10.0. The fourth-order valence-corrected chi connectivity index (χ4v) is 7.42. The lowest BCUT2D eigenvalue weighted by molar-refractivity contribution is -0.135. The van der Waals surface area contributed by atoms with Crippen LogP contribution in [0.15, 0.2) is 47.3 Å². The normalized spacial score (nSPS) is 19.6. The molecule has 4 heterocycles. The third kappa shape index (κ3) is 7.66. The quantitative estimate of drug-likeness (QED) is 0.331. The van der Waals surface area contributed by atoms with Crippen LogP contribution in [0.5, 0.6) is 0 Å². The Morgan fingerprint density at radius 2 is 1.62 bits per heavy atom. The lowest BCUT2D eigenvalue weighted by Crippen LogP contribution is -2.59. The van der Waals surface area contributed by atoms with Crippen LogP contribution in [-0.4, -0.2) is 118 Å². The summed E-state index contributed by atoms with van der Waals surface area (Å²) >= 11 is 6.41. The van der Waals surface area contributed by atoms with Crippen LogP contribution in [0.25, 0.3) is 11.4 Å². The highest BCUT2D eigenvalue weighted by atomic mass is 35.5. The van der Waals surface area contributed by atoms with E-state index < -0.39 is 6.04 Å². The van der Waals surface area contributed by atoms with Crippen molar-refractivity contribution in [3.8, 4) is 11.4 Å². The standard InChI is InChI=1S/C34H46ClN9O3/c1-23-20-24(21-28(35)30(23)36)22-29(32(45)42-18-16-41(17-19-42)26-8-12-40(2)13-9-26)37-33(46)43-14-10-27(11-15-43)44-34(47)38-31(39-44)25-6-4-3-5-7-25/h3-7,20-21,26-27,29H,8-19,22,36H2,1-2H3,(H,37,46)(H,38,39,47)/t29-/m1/s1. The van der Waals surface area contributed by atoms with E-state index in [0.29, 0.717) is 68.0 Å². The zero-order chi connectivity index (χ0) is 33.1. The van der Waals surface area contributed by atoms with Crippen molar-refractivity contribution in [2.45, 2.75) is 57.2 Å². The number of piperazine rings is 1. The molecule has 0 saturated carbocycles. The smallest absolute Gasteiger partial charge is 0.343 e. The number of nitrogen functional groups attached to an aromatic ring is 1. The molecular weight excluding hydrogens is 618 g/mol. The lowest BCUT2D eigenvalue weighted by atomic mass is 10.0. The predicted octanol–water partition coefficient (Wildman–Crippen LogP) is 2.98. The number of aromatic amines is 1. The van der Waals surface area contributed by atoms with Crippen LogP contribution < -0.4 is 16.7 Å². The van der Waals surface area contributed by atoms with Gasteiger partial charge < -0.3 is 25.8 Å². The first-order chi connectivity index (χ1) is 22.7. The summed E-state index contributed by atoms with van der Waals surface area (Å²) < 4.78 is 1.50. The molecule has 13 heteroatoms. The van der Waals surface area contributed by atoms with Gasteiger partial charge >= 0.3 is 11.7 Å². The fourth-order valence-electron chi connectivity index (χ4n) is 7.13. The number of piperidine rings is 2. The number of carbonyl (C=O) groups is 2. The zero-order valence-corrected chi connectivity index (χ0v) is 28.1. The number of aromatic nitrogens is 3. The van der Waals surface area contributed by atoms with Gasteiger partial charge in [-0.1, -0.05) is 48.0 Å². The molecule has 3 aliphatic heterocycles. The number of amides is 3. The molecule has 12 nitrogen and oxygen atoms in total. The summed E-state index contributed by atoms with van der Waals surface area (Å²) in [4.78, 5) is 51.8. The molecule has 3 saturated heterocycles. The molecule has 0 radical (unpaired) electrons. The molecule has 4 N–H and O–H groups in total. The van der Waals surface area contributed by atoms with Gasteiger partial charge in [-0.2, -0.15) is 0 Å². The maximum atomic E-state index is 14.0. The Kier molecular flexibility index (Phi) is 10.2. The number of hydrogen-bond donors (Lipinski definition) is 3. The molecule has 3 fully saturated rings. The first kappa shape index (κ1) is 33.0. The largest absolute Gasteiger partial charge is 0.397 e. The highest BCUT2D eigenvalue weighted by Crippen LogP contribution is 2.26. The zero-order valence-electron chi connectivity index (χ0n) is 27.3.